The fourth-order valence-electron chi connectivity index (χ4n) is 1.92. The molecule has 0 aromatic carbocycles. The molecule has 2 amide bonds. The van der Waals surface area contributed by atoms with Gasteiger partial charge in [-0.2, -0.15) is 0 Å². The molecular formula is C17H37N3O6. The summed E-state index contributed by atoms with van der Waals surface area (Å²) in [5.41, 5.74) is 5.30. The third kappa shape index (κ3) is 16.5. The van der Waals surface area contributed by atoms with Gasteiger partial charge in [-0.15, -0.1) is 0 Å². The molecule has 0 fully saturated rings. The third-order valence-electron chi connectivity index (χ3n) is 3.32. The lowest BCUT2D eigenvalue weighted by molar-refractivity contribution is -0.0102. The molecular weight excluding hydrogens is 342 g/mol. The summed E-state index contributed by atoms with van der Waals surface area (Å²) < 4.78 is 26.7. The number of nitrogens with zero attached hydrogens (tertiary/aromatic N) is 1. The average Bonchev–Trinajstić information content (AvgIpc) is 2.65. The van der Waals surface area contributed by atoms with Crippen LogP contribution in [0.5, 0.6) is 0 Å². The van der Waals surface area contributed by atoms with Crippen LogP contribution in [0.15, 0.2) is 0 Å². The number of hydrogen-bond acceptors (Lipinski definition) is 7. The fourth-order valence-corrected chi connectivity index (χ4v) is 1.92. The van der Waals surface area contributed by atoms with E-state index in [-0.39, 0.29) is 6.03 Å². The summed E-state index contributed by atoms with van der Waals surface area (Å²) in [5, 5.41) is 2.81. The lowest BCUT2D eigenvalue weighted by Crippen LogP contribution is -2.41. The second-order valence-electron chi connectivity index (χ2n) is 5.25. The SMILES string of the molecule is CCN(CC)C(=O)NCCOCCOCCOCCOCCOCCN. The zero-order chi connectivity index (χ0) is 19.3. The minimum Gasteiger partial charge on any atom is -0.378 e. The summed E-state index contributed by atoms with van der Waals surface area (Å²) in [7, 11) is 0. The fraction of sp³-hybridized carbons (Fsp3) is 0.941. The van der Waals surface area contributed by atoms with E-state index in [0.29, 0.717) is 92.2 Å². The Kier molecular flexibility index (Phi) is 19.6. The molecule has 0 unspecified atom stereocenters. The van der Waals surface area contributed by atoms with Crippen molar-refractivity contribution in [1.29, 1.82) is 0 Å². The molecule has 0 radical (unpaired) electrons. The van der Waals surface area contributed by atoms with Crippen LogP contribution in [0.25, 0.3) is 0 Å². The molecule has 26 heavy (non-hydrogen) atoms. The lowest BCUT2D eigenvalue weighted by Gasteiger charge is -2.19. The largest absolute Gasteiger partial charge is 0.378 e. The monoisotopic (exact) mass is 379 g/mol. The predicted molar refractivity (Wildman–Crippen MR) is 99.5 cm³/mol. The Morgan fingerprint density at radius 3 is 1.50 bits per heavy atom. The van der Waals surface area contributed by atoms with Gasteiger partial charge in [0.25, 0.3) is 0 Å². The van der Waals surface area contributed by atoms with Gasteiger partial charge in [-0.1, -0.05) is 0 Å². The second-order valence-corrected chi connectivity index (χ2v) is 5.25. The Hall–Kier alpha value is -0.970. The molecule has 0 saturated heterocycles. The van der Waals surface area contributed by atoms with Crippen LogP contribution in [0.4, 0.5) is 4.79 Å². The maximum atomic E-state index is 11.7. The van der Waals surface area contributed by atoms with E-state index in [0.717, 1.165) is 0 Å². The highest BCUT2D eigenvalue weighted by Crippen LogP contribution is 1.88. The minimum atomic E-state index is -0.0564. The van der Waals surface area contributed by atoms with Gasteiger partial charge in [-0.3, -0.25) is 0 Å². The molecule has 0 atom stereocenters. The van der Waals surface area contributed by atoms with E-state index in [1.807, 2.05) is 13.8 Å². The van der Waals surface area contributed by atoms with Crippen LogP contribution in [0.1, 0.15) is 13.8 Å². The van der Waals surface area contributed by atoms with Crippen molar-refractivity contribution >= 4 is 6.03 Å². The van der Waals surface area contributed by atoms with Gasteiger partial charge in [0.15, 0.2) is 0 Å². The number of hydrogen-bond donors (Lipinski definition) is 2. The maximum Gasteiger partial charge on any atom is 0.317 e. The molecule has 0 heterocycles. The summed E-state index contributed by atoms with van der Waals surface area (Å²) in [5.74, 6) is 0. The van der Waals surface area contributed by atoms with Crippen LogP contribution >= 0.6 is 0 Å². The van der Waals surface area contributed by atoms with E-state index in [1.165, 1.54) is 0 Å². The van der Waals surface area contributed by atoms with Gasteiger partial charge in [-0.25, -0.2) is 4.79 Å². The molecule has 9 nitrogen and oxygen atoms in total. The van der Waals surface area contributed by atoms with Crippen LogP contribution in [0.2, 0.25) is 0 Å². The van der Waals surface area contributed by atoms with Crippen molar-refractivity contribution in [1.82, 2.24) is 10.2 Å². The molecule has 0 aliphatic rings. The summed E-state index contributed by atoms with van der Waals surface area (Å²) in [4.78, 5) is 13.4. The second kappa shape index (κ2) is 20.3. The zero-order valence-corrected chi connectivity index (χ0v) is 16.4. The summed E-state index contributed by atoms with van der Waals surface area (Å²) in [6, 6.07) is -0.0564. The van der Waals surface area contributed by atoms with Crippen LogP contribution in [-0.2, 0) is 23.7 Å². The topological polar surface area (TPSA) is 105 Å². The van der Waals surface area contributed by atoms with Gasteiger partial charge in [0, 0.05) is 26.2 Å². The number of amides is 2. The minimum absolute atomic E-state index is 0.0564. The summed E-state index contributed by atoms with van der Waals surface area (Å²) in [6.07, 6.45) is 0. The molecule has 156 valence electrons. The average molecular weight is 379 g/mol. The van der Waals surface area contributed by atoms with Crippen molar-refractivity contribution in [3.8, 4) is 0 Å². The van der Waals surface area contributed by atoms with E-state index in [1.54, 1.807) is 4.90 Å². The van der Waals surface area contributed by atoms with Crippen molar-refractivity contribution < 1.29 is 28.5 Å². The van der Waals surface area contributed by atoms with Crippen molar-refractivity contribution in [2.24, 2.45) is 5.73 Å². The zero-order valence-electron chi connectivity index (χ0n) is 16.4. The van der Waals surface area contributed by atoms with E-state index in [4.69, 9.17) is 29.4 Å². The quantitative estimate of drug-likeness (QED) is 0.306. The van der Waals surface area contributed by atoms with Crippen molar-refractivity contribution in [2.45, 2.75) is 13.8 Å². The highest BCUT2D eigenvalue weighted by atomic mass is 16.6. The third-order valence-corrected chi connectivity index (χ3v) is 3.32. The smallest absolute Gasteiger partial charge is 0.317 e. The molecule has 0 aliphatic carbocycles. The molecule has 0 saturated carbocycles. The Labute approximate surface area is 157 Å². The number of nitrogens with one attached hydrogen (secondary N) is 1. The number of rotatable bonds is 19. The van der Waals surface area contributed by atoms with Gasteiger partial charge < -0.3 is 39.6 Å². The molecule has 0 spiro atoms. The van der Waals surface area contributed by atoms with E-state index >= 15 is 0 Å². The number of nitrogens with two attached hydrogens (primary N) is 1. The first-order valence-electron chi connectivity index (χ1n) is 9.37. The number of urea groups is 1. The summed E-state index contributed by atoms with van der Waals surface area (Å²) >= 11 is 0. The van der Waals surface area contributed by atoms with Gasteiger partial charge in [0.1, 0.15) is 0 Å². The van der Waals surface area contributed by atoms with E-state index < -0.39 is 0 Å². The predicted octanol–water partition coefficient (Wildman–Crippen LogP) is 0.0795. The van der Waals surface area contributed by atoms with Gasteiger partial charge >= 0.3 is 6.03 Å². The first kappa shape index (κ1) is 25.0. The number of ether oxygens (including phenoxy) is 5. The first-order valence-corrected chi connectivity index (χ1v) is 9.37. The normalized spacial score (nSPS) is 10.9. The van der Waals surface area contributed by atoms with Crippen molar-refractivity contribution in [3.63, 3.8) is 0 Å². The van der Waals surface area contributed by atoms with Crippen LogP contribution < -0.4 is 11.1 Å². The Bertz CT molecular complexity index is 306. The van der Waals surface area contributed by atoms with Gasteiger partial charge in [-0.05, 0) is 13.8 Å². The standard InChI is InChI=1S/C17H37N3O6/c1-3-20(4-2)17(21)19-6-8-23-10-12-25-14-16-26-15-13-24-11-9-22-7-5-18/h3-16,18H2,1-2H3,(H,19,21). The summed E-state index contributed by atoms with van der Waals surface area (Å²) in [6.45, 7) is 11.6. The molecule has 0 aliphatic heterocycles. The van der Waals surface area contributed by atoms with Gasteiger partial charge in [0.05, 0.1) is 66.1 Å². The van der Waals surface area contributed by atoms with Gasteiger partial charge in [0.2, 0.25) is 0 Å². The lowest BCUT2D eigenvalue weighted by atomic mass is 10.5. The molecule has 0 bridgehead atoms. The molecule has 0 rings (SSSR count). The van der Waals surface area contributed by atoms with Crippen LogP contribution in [0, 0.1) is 0 Å². The number of carbonyl (C=O) groups excluding carboxylic acids is 1. The molecule has 3 N–H and O–H groups in total. The van der Waals surface area contributed by atoms with Crippen molar-refractivity contribution in [2.75, 3.05) is 92.2 Å². The Morgan fingerprint density at radius 1 is 0.731 bits per heavy atom. The highest BCUT2D eigenvalue weighted by molar-refractivity contribution is 5.73. The number of carbonyl (C=O) groups is 1. The Morgan fingerprint density at radius 2 is 1.12 bits per heavy atom. The van der Waals surface area contributed by atoms with E-state index in [9.17, 15) is 4.79 Å². The van der Waals surface area contributed by atoms with Crippen LogP contribution in [0.3, 0.4) is 0 Å². The van der Waals surface area contributed by atoms with Crippen molar-refractivity contribution in [3.05, 3.63) is 0 Å². The van der Waals surface area contributed by atoms with E-state index in [2.05, 4.69) is 5.32 Å². The highest BCUT2D eigenvalue weighted by Gasteiger charge is 2.07. The molecule has 0 aromatic rings. The molecule has 0 aromatic heterocycles. The van der Waals surface area contributed by atoms with Crippen LogP contribution in [-0.4, -0.2) is 103 Å². The Balaban J connectivity index is 3.14. The first-order chi connectivity index (χ1) is 12.8. The maximum absolute atomic E-state index is 11.7. The molecule has 9 heteroatoms.